The molecule has 0 aliphatic rings. The van der Waals surface area contributed by atoms with E-state index in [1.807, 2.05) is 0 Å². The predicted molar refractivity (Wildman–Crippen MR) is 69.6 cm³/mol. The summed E-state index contributed by atoms with van der Waals surface area (Å²) in [5, 5.41) is 20.6. The Hall–Kier alpha value is -2.90. The molecule has 0 aliphatic carbocycles. The highest BCUT2D eigenvalue weighted by atomic mass is 16.4. The number of nitrogen functional groups attached to an aromatic ring is 2. The van der Waals surface area contributed by atoms with Gasteiger partial charge in [0.1, 0.15) is 5.69 Å². The van der Waals surface area contributed by atoms with Crippen molar-refractivity contribution in [3.63, 3.8) is 0 Å². The minimum absolute atomic E-state index is 0.0484. The average Bonchev–Trinajstić information content (AvgIpc) is 2.61. The minimum atomic E-state index is -1.08. The number of azo groups is 1. The highest BCUT2D eigenvalue weighted by molar-refractivity contribution is 5.93. The molecule has 19 heavy (non-hydrogen) atoms. The number of carbonyl (C=O) groups is 1. The molecule has 0 amide bonds. The van der Waals surface area contributed by atoms with Gasteiger partial charge in [-0.2, -0.15) is 5.10 Å². The minimum Gasteiger partial charge on any atom is -0.478 e. The lowest BCUT2D eigenvalue weighted by atomic mass is 10.2. The van der Waals surface area contributed by atoms with Crippen LogP contribution in [0, 0.1) is 0 Å². The molecule has 0 fully saturated rings. The summed E-state index contributed by atoms with van der Waals surface area (Å²) < 4.78 is 1.37. The van der Waals surface area contributed by atoms with Crippen LogP contribution in [-0.4, -0.2) is 20.9 Å². The van der Waals surface area contributed by atoms with Gasteiger partial charge in [0, 0.05) is 7.05 Å². The first-order valence-electron chi connectivity index (χ1n) is 5.32. The maximum atomic E-state index is 11.0. The number of nitrogens with two attached hydrogens (primary N) is 2. The van der Waals surface area contributed by atoms with Crippen LogP contribution in [0.3, 0.4) is 0 Å². The lowest BCUT2D eigenvalue weighted by Crippen LogP contribution is -1.97. The standard InChI is InChI=1S/C11H12N6O2/c1-17-10(13)8(9(12)16-17)15-14-7-5-3-2-4-6(7)11(18)19/h2-5H,13H2,1H3,(H2,12,16)(H,18,19). The number of rotatable bonds is 3. The number of aromatic nitrogens is 2. The molecule has 5 N–H and O–H groups in total. The number of benzene rings is 1. The highest BCUT2D eigenvalue weighted by Crippen LogP contribution is 2.30. The van der Waals surface area contributed by atoms with Gasteiger partial charge in [-0.05, 0) is 12.1 Å². The molecule has 0 saturated heterocycles. The van der Waals surface area contributed by atoms with Gasteiger partial charge in [0.2, 0.25) is 0 Å². The van der Waals surface area contributed by atoms with Gasteiger partial charge >= 0.3 is 5.97 Å². The Labute approximate surface area is 108 Å². The maximum absolute atomic E-state index is 11.0. The van der Waals surface area contributed by atoms with Gasteiger partial charge in [0.25, 0.3) is 0 Å². The zero-order chi connectivity index (χ0) is 14.0. The van der Waals surface area contributed by atoms with Gasteiger partial charge in [0.15, 0.2) is 17.3 Å². The maximum Gasteiger partial charge on any atom is 0.337 e. The third-order valence-corrected chi connectivity index (χ3v) is 2.48. The van der Waals surface area contributed by atoms with Crippen LogP contribution in [0.5, 0.6) is 0 Å². The summed E-state index contributed by atoms with van der Waals surface area (Å²) in [5.41, 5.74) is 11.8. The van der Waals surface area contributed by atoms with E-state index >= 15 is 0 Å². The van der Waals surface area contributed by atoms with E-state index in [1.165, 1.54) is 16.8 Å². The van der Waals surface area contributed by atoms with Crippen molar-refractivity contribution in [3.05, 3.63) is 29.8 Å². The van der Waals surface area contributed by atoms with Gasteiger partial charge < -0.3 is 16.6 Å². The number of aryl methyl sites for hydroxylation is 1. The number of carboxylic acid groups (broad SMARTS) is 1. The van der Waals surface area contributed by atoms with Crippen LogP contribution >= 0.6 is 0 Å². The van der Waals surface area contributed by atoms with Crippen LogP contribution in [0.15, 0.2) is 34.5 Å². The Balaban J connectivity index is 2.41. The van der Waals surface area contributed by atoms with Gasteiger partial charge in [-0.15, -0.1) is 10.2 Å². The van der Waals surface area contributed by atoms with Crippen molar-refractivity contribution >= 4 is 29.0 Å². The Kier molecular flexibility index (Phi) is 3.15. The van der Waals surface area contributed by atoms with E-state index in [1.54, 1.807) is 19.2 Å². The van der Waals surface area contributed by atoms with Crippen LogP contribution in [0.25, 0.3) is 0 Å². The fourth-order valence-corrected chi connectivity index (χ4v) is 1.50. The van der Waals surface area contributed by atoms with E-state index in [9.17, 15) is 4.79 Å². The van der Waals surface area contributed by atoms with Crippen LogP contribution in [0.1, 0.15) is 10.4 Å². The molecule has 1 heterocycles. The number of anilines is 2. The van der Waals surface area contributed by atoms with Crippen molar-refractivity contribution in [2.75, 3.05) is 11.5 Å². The van der Waals surface area contributed by atoms with Crippen LogP contribution in [0.2, 0.25) is 0 Å². The largest absolute Gasteiger partial charge is 0.478 e. The Morgan fingerprint density at radius 3 is 2.58 bits per heavy atom. The number of hydrogen-bond acceptors (Lipinski definition) is 6. The predicted octanol–water partition coefficient (Wildman–Crippen LogP) is 1.70. The molecule has 0 spiro atoms. The van der Waals surface area contributed by atoms with Crippen molar-refractivity contribution in [2.24, 2.45) is 17.3 Å². The van der Waals surface area contributed by atoms with Crippen molar-refractivity contribution in [2.45, 2.75) is 0 Å². The molecule has 1 aromatic carbocycles. The van der Waals surface area contributed by atoms with Crippen molar-refractivity contribution < 1.29 is 9.90 Å². The molecule has 0 aliphatic heterocycles. The second-order valence-electron chi connectivity index (χ2n) is 3.76. The van der Waals surface area contributed by atoms with Crippen LogP contribution in [0.4, 0.5) is 23.0 Å². The molecular weight excluding hydrogens is 248 g/mol. The summed E-state index contributed by atoms with van der Waals surface area (Å²) in [5.74, 6) is -0.688. The first-order valence-corrected chi connectivity index (χ1v) is 5.32. The van der Waals surface area contributed by atoms with E-state index in [-0.39, 0.29) is 28.6 Å². The average molecular weight is 260 g/mol. The Bertz CT molecular complexity index is 661. The van der Waals surface area contributed by atoms with E-state index in [0.29, 0.717) is 0 Å². The van der Waals surface area contributed by atoms with E-state index in [0.717, 1.165) is 0 Å². The quantitative estimate of drug-likeness (QED) is 0.722. The summed E-state index contributed by atoms with van der Waals surface area (Å²) in [6.45, 7) is 0. The topological polar surface area (TPSA) is 132 Å². The summed E-state index contributed by atoms with van der Waals surface area (Å²) in [6.07, 6.45) is 0. The van der Waals surface area contributed by atoms with Crippen molar-refractivity contribution in [1.82, 2.24) is 9.78 Å². The van der Waals surface area contributed by atoms with Gasteiger partial charge in [-0.25, -0.2) is 9.48 Å². The molecule has 0 saturated carbocycles. The number of nitrogens with zero attached hydrogens (tertiary/aromatic N) is 4. The first-order chi connectivity index (χ1) is 9.00. The molecule has 98 valence electrons. The Morgan fingerprint density at radius 2 is 2.00 bits per heavy atom. The lowest BCUT2D eigenvalue weighted by molar-refractivity contribution is 0.0698. The smallest absolute Gasteiger partial charge is 0.337 e. The van der Waals surface area contributed by atoms with Crippen molar-refractivity contribution in [3.8, 4) is 0 Å². The number of carboxylic acids is 1. The summed E-state index contributed by atoms with van der Waals surface area (Å²) in [6, 6.07) is 6.24. The summed E-state index contributed by atoms with van der Waals surface area (Å²) in [4.78, 5) is 11.0. The molecular formula is C11H12N6O2. The second-order valence-corrected chi connectivity index (χ2v) is 3.76. The van der Waals surface area contributed by atoms with Gasteiger partial charge in [0.05, 0.1) is 5.56 Å². The molecule has 0 unspecified atom stereocenters. The molecule has 0 bridgehead atoms. The molecule has 0 radical (unpaired) electrons. The normalized spacial score (nSPS) is 11.0. The van der Waals surface area contributed by atoms with E-state index < -0.39 is 5.97 Å². The first kappa shape index (κ1) is 12.6. The molecule has 8 heteroatoms. The van der Waals surface area contributed by atoms with E-state index in [4.69, 9.17) is 16.6 Å². The second kappa shape index (κ2) is 4.77. The fourth-order valence-electron chi connectivity index (χ4n) is 1.50. The zero-order valence-corrected chi connectivity index (χ0v) is 10.1. The SMILES string of the molecule is Cn1nc(N)c(N=Nc2ccccc2C(=O)O)c1N. The molecule has 2 aromatic rings. The summed E-state index contributed by atoms with van der Waals surface area (Å²) in [7, 11) is 1.62. The van der Waals surface area contributed by atoms with E-state index in [2.05, 4.69) is 15.3 Å². The lowest BCUT2D eigenvalue weighted by Gasteiger charge is -1.98. The molecule has 1 aromatic heterocycles. The van der Waals surface area contributed by atoms with Crippen molar-refractivity contribution in [1.29, 1.82) is 0 Å². The summed E-state index contributed by atoms with van der Waals surface area (Å²) >= 11 is 0. The zero-order valence-electron chi connectivity index (χ0n) is 10.1. The number of aromatic carboxylic acids is 1. The van der Waals surface area contributed by atoms with Gasteiger partial charge in [-0.1, -0.05) is 12.1 Å². The highest BCUT2D eigenvalue weighted by Gasteiger charge is 2.12. The van der Waals surface area contributed by atoms with Crippen LogP contribution < -0.4 is 11.5 Å². The van der Waals surface area contributed by atoms with Gasteiger partial charge in [-0.3, -0.25) is 0 Å². The third-order valence-electron chi connectivity index (χ3n) is 2.48. The third kappa shape index (κ3) is 2.37. The number of hydrogen-bond donors (Lipinski definition) is 3. The van der Waals surface area contributed by atoms with Crippen LogP contribution in [-0.2, 0) is 7.05 Å². The fraction of sp³-hybridized carbons (Fsp3) is 0.0909. The Morgan fingerprint density at radius 1 is 1.32 bits per heavy atom. The molecule has 0 atom stereocenters. The monoisotopic (exact) mass is 260 g/mol. The molecule has 8 nitrogen and oxygen atoms in total. The molecule has 2 rings (SSSR count).